The Morgan fingerprint density at radius 1 is 1.47 bits per heavy atom. The number of hydrogen-bond donors (Lipinski definition) is 3. The molecule has 0 radical (unpaired) electrons. The molecule has 2 fully saturated rings. The number of guanidine groups is 1. The smallest absolute Gasteiger partial charge is 0.191 e. The molecule has 0 aliphatic heterocycles. The molecule has 0 unspecified atom stereocenters. The Hall–Kier alpha value is -0.770. The van der Waals surface area contributed by atoms with Crippen LogP contribution in [0.3, 0.4) is 0 Å². The number of aliphatic imine (C=N–C) groups is 1. The molecule has 4 heteroatoms. The number of hydrogen-bond acceptors (Lipinski definition) is 2. The molecular formula is C11H21N3O. The lowest BCUT2D eigenvalue weighted by atomic mass is 9.69. The normalized spacial score (nSPS) is 24.5. The van der Waals surface area contributed by atoms with Gasteiger partial charge in [-0.2, -0.15) is 0 Å². The Labute approximate surface area is 91.2 Å². The van der Waals surface area contributed by atoms with Gasteiger partial charge in [-0.25, -0.2) is 0 Å². The Morgan fingerprint density at radius 2 is 2.20 bits per heavy atom. The highest BCUT2D eigenvalue weighted by atomic mass is 16.3. The van der Waals surface area contributed by atoms with E-state index in [0.717, 1.165) is 25.3 Å². The van der Waals surface area contributed by atoms with E-state index in [4.69, 9.17) is 0 Å². The predicted octanol–water partition coefficient (Wildman–Crippen LogP) is 0.476. The average Bonchev–Trinajstić information content (AvgIpc) is 2.99. The van der Waals surface area contributed by atoms with E-state index in [1.54, 1.807) is 7.05 Å². The summed E-state index contributed by atoms with van der Waals surface area (Å²) in [4.78, 5) is 4.18. The van der Waals surface area contributed by atoms with E-state index in [1.165, 1.54) is 19.3 Å². The van der Waals surface area contributed by atoms with E-state index in [1.807, 2.05) is 0 Å². The van der Waals surface area contributed by atoms with Gasteiger partial charge in [0.05, 0.1) is 6.61 Å². The molecule has 2 aliphatic rings. The molecule has 4 nitrogen and oxygen atoms in total. The average molecular weight is 211 g/mol. The number of rotatable bonds is 4. The van der Waals surface area contributed by atoms with Crippen molar-refractivity contribution < 1.29 is 5.11 Å². The molecule has 2 rings (SSSR count). The Kier molecular flexibility index (Phi) is 3.14. The fraction of sp³-hybridized carbons (Fsp3) is 0.909. The highest BCUT2D eigenvalue weighted by molar-refractivity contribution is 5.80. The van der Waals surface area contributed by atoms with E-state index in [0.29, 0.717) is 12.6 Å². The van der Waals surface area contributed by atoms with Crippen molar-refractivity contribution in [2.24, 2.45) is 10.4 Å². The Morgan fingerprint density at radius 3 is 2.60 bits per heavy atom. The molecule has 0 aromatic carbocycles. The molecule has 0 aromatic rings. The second-order valence-electron chi connectivity index (χ2n) is 4.86. The molecule has 0 saturated heterocycles. The van der Waals surface area contributed by atoms with Gasteiger partial charge in [-0.3, -0.25) is 4.99 Å². The summed E-state index contributed by atoms with van der Waals surface area (Å²) in [5.41, 5.74) is 0.126. The van der Waals surface area contributed by atoms with E-state index in [2.05, 4.69) is 15.6 Å². The highest BCUT2D eigenvalue weighted by Gasteiger charge is 2.36. The van der Waals surface area contributed by atoms with E-state index in [-0.39, 0.29) is 5.41 Å². The lowest BCUT2D eigenvalue weighted by Crippen LogP contribution is -2.48. The topological polar surface area (TPSA) is 56.7 Å². The van der Waals surface area contributed by atoms with Crippen molar-refractivity contribution in [2.75, 3.05) is 20.2 Å². The molecule has 0 bridgehead atoms. The van der Waals surface area contributed by atoms with Crippen LogP contribution in [-0.2, 0) is 0 Å². The van der Waals surface area contributed by atoms with Crippen molar-refractivity contribution in [3.05, 3.63) is 0 Å². The van der Waals surface area contributed by atoms with Crippen molar-refractivity contribution in [3.8, 4) is 0 Å². The Bertz CT molecular complexity index is 239. The first kappa shape index (κ1) is 10.7. The van der Waals surface area contributed by atoms with E-state index in [9.17, 15) is 5.11 Å². The SMILES string of the molecule is CN=C(NCC1(CO)CCC1)NC1CC1. The number of aliphatic hydroxyl groups is 1. The van der Waals surface area contributed by atoms with Crippen molar-refractivity contribution in [1.82, 2.24) is 10.6 Å². The number of aliphatic hydroxyl groups excluding tert-OH is 1. The van der Waals surface area contributed by atoms with Gasteiger partial charge in [-0.05, 0) is 25.7 Å². The largest absolute Gasteiger partial charge is 0.396 e. The third-order valence-electron chi connectivity index (χ3n) is 3.52. The molecule has 0 amide bonds. The van der Waals surface area contributed by atoms with E-state index < -0.39 is 0 Å². The maximum atomic E-state index is 9.32. The minimum absolute atomic E-state index is 0.126. The van der Waals surface area contributed by atoms with Crippen LogP contribution in [-0.4, -0.2) is 37.3 Å². The molecule has 2 saturated carbocycles. The lowest BCUT2D eigenvalue weighted by molar-refractivity contribution is 0.0490. The Balaban J connectivity index is 1.74. The fourth-order valence-corrected chi connectivity index (χ4v) is 1.95. The van der Waals surface area contributed by atoms with Gasteiger partial charge < -0.3 is 15.7 Å². The second-order valence-corrected chi connectivity index (χ2v) is 4.86. The monoisotopic (exact) mass is 211 g/mol. The molecular weight excluding hydrogens is 190 g/mol. The first-order valence-electron chi connectivity index (χ1n) is 5.86. The molecule has 0 spiro atoms. The standard InChI is InChI=1S/C11H21N3O/c1-12-10(14-9-3-4-9)13-7-11(8-15)5-2-6-11/h9,15H,2-8H2,1H3,(H2,12,13,14). The van der Waals surface area contributed by atoms with Crippen LogP contribution in [0.25, 0.3) is 0 Å². The molecule has 2 aliphatic carbocycles. The number of nitrogens with zero attached hydrogens (tertiary/aromatic N) is 1. The second kappa shape index (κ2) is 4.39. The maximum absolute atomic E-state index is 9.32. The zero-order valence-electron chi connectivity index (χ0n) is 9.42. The molecule has 0 aromatic heterocycles. The summed E-state index contributed by atoms with van der Waals surface area (Å²) in [5.74, 6) is 0.886. The van der Waals surface area contributed by atoms with Gasteiger partial charge >= 0.3 is 0 Å². The van der Waals surface area contributed by atoms with Crippen LogP contribution in [0.15, 0.2) is 4.99 Å². The van der Waals surface area contributed by atoms with Gasteiger partial charge in [-0.1, -0.05) is 6.42 Å². The van der Waals surface area contributed by atoms with Gasteiger partial charge in [0.15, 0.2) is 5.96 Å². The third-order valence-corrected chi connectivity index (χ3v) is 3.52. The van der Waals surface area contributed by atoms with Gasteiger partial charge in [0.1, 0.15) is 0 Å². The zero-order valence-corrected chi connectivity index (χ0v) is 9.42. The molecule has 3 N–H and O–H groups in total. The van der Waals surface area contributed by atoms with E-state index >= 15 is 0 Å². The summed E-state index contributed by atoms with van der Waals surface area (Å²) in [6, 6.07) is 0.627. The van der Waals surface area contributed by atoms with Crippen LogP contribution in [0, 0.1) is 5.41 Å². The van der Waals surface area contributed by atoms with Crippen molar-refractivity contribution in [1.29, 1.82) is 0 Å². The first-order valence-corrected chi connectivity index (χ1v) is 5.86. The summed E-state index contributed by atoms with van der Waals surface area (Å²) in [6.07, 6.45) is 6.03. The minimum atomic E-state index is 0.126. The predicted molar refractivity (Wildman–Crippen MR) is 60.9 cm³/mol. The molecule has 0 atom stereocenters. The summed E-state index contributed by atoms with van der Waals surface area (Å²) in [6.45, 7) is 1.14. The number of nitrogens with one attached hydrogen (secondary N) is 2. The maximum Gasteiger partial charge on any atom is 0.191 e. The molecule has 15 heavy (non-hydrogen) atoms. The van der Waals surface area contributed by atoms with Crippen LogP contribution in [0.4, 0.5) is 0 Å². The fourth-order valence-electron chi connectivity index (χ4n) is 1.95. The summed E-state index contributed by atoms with van der Waals surface area (Å²) in [5, 5.41) is 16.0. The van der Waals surface area contributed by atoms with Crippen molar-refractivity contribution >= 4 is 5.96 Å². The quantitative estimate of drug-likeness (QED) is 0.468. The zero-order chi connectivity index (χ0) is 10.7. The van der Waals surface area contributed by atoms with Gasteiger partial charge in [0, 0.05) is 25.0 Å². The highest BCUT2D eigenvalue weighted by Crippen LogP contribution is 2.39. The third kappa shape index (κ3) is 2.62. The van der Waals surface area contributed by atoms with Gasteiger partial charge in [-0.15, -0.1) is 0 Å². The van der Waals surface area contributed by atoms with Crippen molar-refractivity contribution in [3.63, 3.8) is 0 Å². The summed E-state index contributed by atoms with van der Waals surface area (Å²) < 4.78 is 0. The van der Waals surface area contributed by atoms with Gasteiger partial charge in [0.2, 0.25) is 0 Å². The summed E-state index contributed by atoms with van der Waals surface area (Å²) >= 11 is 0. The molecule has 0 heterocycles. The first-order chi connectivity index (χ1) is 7.28. The van der Waals surface area contributed by atoms with Crippen LogP contribution in [0.1, 0.15) is 32.1 Å². The lowest BCUT2D eigenvalue weighted by Gasteiger charge is -2.40. The van der Waals surface area contributed by atoms with Crippen LogP contribution in [0.2, 0.25) is 0 Å². The van der Waals surface area contributed by atoms with Gasteiger partial charge in [0.25, 0.3) is 0 Å². The van der Waals surface area contributed by atoms with Crippen molar-refractivity contribution in [2.45, 2.75) is 38.1 Å². The summed E-state index contributed by atoms with van der Waals surface area (Å²) in [7, 11) is 1.80. The molecule has 86 valence electrons. The van der Waals surface area contributed by atoms with Crippen LogP contribution < -0.4 is 10.6 Å². The van der Waals surface area contributed by atoms with Crippen LogP contribution >= 0.6 is 0 Å². The van der Waals surface area contributed by atoms with Crippen LogP contribution in [0.5, 0.6) is 0 Å². The minimum Gasteiger partial charge on any atom is -0.396 e.